The van der Waals surface area contributed by atoms with E-state index in [1.54, 1.807) is 0 Å². The van der Waals surface area contributed by atoms with Crippen molar-refractivity contribution in [3.05, 3.63) is 0 Å². The van der Waals surface area contributed by atoms with Crippen LogP contribution in [0.2, 0.25) is 0 Å². The number of hydrogen-bond acceptors (Lipinski definition) is 4. The van der Waals surface area contributed by atoms with E-state index in [-0.39, 0.29) is 42.4 Å². The molecule has 0 aliphatic carbocycles. The first-order valence-electron chi connectivity index (χ1n) is 5.95. The molecule has 1 atom stereocenters. The molecule has 5 heteroatoms. The minimum atomic E-state index is -1.21. The maximum absolute atomic E-state index is 11.1. The fourth-order valence-corrected chi connectivity index (χ4v) is 1.39. The van der Waals surface area contributed by atoms with E-state index < -0.39 is 11.9 Å². The second-order valence-corrected chi connectivity index (χ2v) is 3.97. The van der Waals surface area contributed by atoms with E-state index in [1.807, 2.05) is 0 Å². The molecule has 94 valence electrons. The van der Waals surface area contributed by atoms with Gasteiger partial charge in [-0.1, -0.05) is 33.1 Å². The smallest absolute Gasteiger partial charge is 0.550 e. The molecule has 0 N–H and O–H groups in total. The Kier molecular flexibility index (Phi) is 14.1. The number of ether oxygens (including phenoxy) is 1. The van der Waals surface area contributed by atoms with Gasteiger partial charge in [-0.25, -0.2) is 0 Å². The Labute approximate surface area is 125 Å². The SMILES string of the molecule is CCCCC(CC)COC(=O)CCC(=O)[O-].[Na+]. The molecule has 0 aromatic rings. The molecule has 0 bridgehead atoms. The molecule has 0 rings (SSSR count). The van der Waals surface area contributed by atoms with Crippen molar-refractivity contribution in [3.63, 3.8) is 0 Å². The first-order valence-corrected chi connectivity index (χ1v) is 5.95. The van der Waals surface area contributed by atoms with Crippen LogP contribution in [0.1, 0.15) is 52.4 Å². The zero-order valence-electron chi connectivity index (χ0n) is 11.2. The van der Waals surface area contributed by atoms with Crippen molar-refractivity contribution in [2.24, 2.45) is 5.92 Å². The predicted molar refractivity (Wildman–Crippen MR) is 58.5 cm³/mol. The van der Waals surface area contributed by atoms with Gasteiger partial charge >= 0.3 is 35.5 Å². The Bertz CT molecular complexity index is 219. The van der Waals surface area contributed by atoms with E-state index in [2.05, 4.69) is 13.8 Å². The topological polar surface area (TPSA) is 66.4 Å². The summed E-state index contributed by atoms with van der Waals surface area (Å²) >= 11 is 0. The molecule has 0 spiro atoms. The average Bonchev–Trinajstić information content (AvgIpc) is 2.26. The van der Waals surface area contributed by atoms with Gasteiger partial charge in [-0.15, -0.1) is 0 Å². The van der Waals surface area contributed by atoms with Crippen molar-refractivity contribution >= 4 is 11.9 Å². The Balaban J connectivity index is 0. The molecule has 0 aromatic heterocycles. The van der Waals surface area contributed by atoms with Crippen LogP contribution < -0.4 is 34.7 Å². The summed E-state index contributed by atoms with van der Waals surface area (Å²) in [6.07, 6.45) is 3.95. The number of unbranched alkanes of at least 4 members (excludes halogenated alkanes) is 1. The van der Waals surface area contributed by atoms with Crippen molar-refractivity contribution in [1.29, 1.82) is 0 Å². The molecule has 0 aromatic carbocycles. The predicted octanol–water partition coefficient (Wildman–Crippen LogP) is -1.72. The first-order chi connectivity index (χ1) is 7.60. The van der Waals surface area contributed by atoms with Crippen LogP contribution in [0, 0.1) is 5.92 Å². The monoisotopic (exact) mass is 252 g/mol. The summed E-state index contributed by atoms with van der Waals surface area (Å²) in [5.74, 6) is -1.26. The molecule has 0 amide bonds. The number of carbonyl (C=O) groups is 2. The number of aliphatic carboxylic acids is 1. The molecule has 0 radical (unpaired) electrons. The summed E-state index contributed by atoms with van der Waals surface area (Å²) in [4.78, 5) is 21.2. The van der Waals surface area contributed by atoms with Gasteiger partial charge in [0.05, 0.1) is 13.0 Å². The normalized spacial score (nSPS) is 11.4. The van der Waals surface area contributed by atoms with Gasteiger partial charge in [0.25, 0.3) is 0 Å². The van der Waals surface area contributed by atoms with Crippen LogP contribution in [0.3, 0.4) is 0 Å². The van der Waals surface area contributed by atoms with Gasteiger partial charge in [0.15, 0.2) is 0 Å². The number of hydrogen-bond donors (Lipinski definition) is 0. The average molecular weight is 252 g/mol. The summed E-state index contributed by atoms with van der Waals surface area (Å²) in [5, 5.41) is 10.1. The number of carboxylic acids is 1. The van der Waals surface area contributed by atoms with Crippen LogP contribution in [0.5, 0.6) is 0 Å². The second kappa shape index (κ2) is 12.4. The van der Waals surface area contributed by atoms with E-state index in [1.165, 1.54) is 0 Å². The number of esters is 1. The molecule has 0 saturated heterocycles. The van der Waals surface area contributed by atoms with Crippen molar-refractivity contribution in [1.82, 2.24) is 0 Å². The van der Waals surface area contributed by atoms with Gasteiger partial charge in [0.1, 0.15) is 0 Å². The van der Waals surface area contributed by atoms with Crippen molar-refractivity contribution < 1.29 is 49.0 Å². The molecule has 0 fully saturated rings. The Morgan fingerprint density at radius 3 is 2.35 bits per heavy atom. The van der Waals surface area contributed by atoms with Crippen molar-refractivity contribution in [2.75, 3.05) is 6.61 Å². The van der Waals surface area contributed by atoms with Gasteiger partial charge in [0, 0.05) is 5.97 Å². The molecule has 0 aliphatic heterocycles. The molecule has 17 heavy (non-hydrogen) atoms. The zero-order chi connectivity index (χ0) is 12.4. The Morgan fingerprint density at radius 1 is 1.24 bits per heavy atom. The van der Waals surface area contributed by atoms with Crippen LogP contribution in [-0.4, -0.2) is 18.5 Å². The third-order valence-electron chi connectivity index (χ3n) is 2.56. The van der Waals surface area contributed by atoms with Gasteiger partial charge in [0.2, 0.25) is 0 Å². The largest absolute Gasteiger partial charge is 1.00 e. The van der Waals surface area contributed by atoms with Crippen LogP contribution in [0.4, 0.5) is 0 Å². The number of rotatable bonds is 9. The molecular formula is C12H21NaO4. The molecule has 1 unspecified atom stereocenters. The minimum absolute atomic E-state index is 0. The minimum Gasteiger partial charge on any atom is -0.550 e. The third kappa shape index (κ3) is 12.2. The summed E-state index contributed by atoms with van der Waals surface area (Å²) in [6, 6.07) is 0. The standard InChI is InChI=1S/C12H22O4.Na/c1-3-5-6-10(4-2)9-16-12(15)8-7-11(13)14;/h10H,3-9H2,1-2H3,(H,13,14);/q;+1/p-1. The van der Waals surface area contributed by atoms with E-state index in [4.69, 9.17) is 4.74 Å². The molecule has 0 saturated carbocycles. The van der Waals surface area contributed by atoms with Crippen LogP contribution in [0.25, 0.3) is 0 Å². The Morgan fingerprint density at radius 2 is 1.88 bits per heavy atom. The quantitative estimate of drug-likeness (QED) is 0.362. The van der Waals surface area contributed by atoms with Crippen LogP contribution in [-0.2, 0) is 14.3 Å². The molecule has 0 heterocycles. The fourth-order valence-electron chi connectivity index (χ4n) is 1.39. The molecule has 4 nitrogen and oxygen atoms in total. The van der Waals surface area contributed by atoms with E-state index in [9.17, 15) is 14.7 Å². The maximum atomic E-state index is 11.1. The zero-order valence-corrected chi connectivity index (χ0v) is 13.2. The summed E-state index contributed by atoms with van der Waals surface area (Å²) in [5.41, 5.74) is 0. The maximum Gasteiger partial charge on any atom is 1.00 e. The van der Waals surface area contributed by atoms with Crippen molar-refractivity contribution in [3.8, 4) is 0 Å². The first kappa shape index (κ1) is 19.3. The summed E-state index contributed by atoms with van der Waals surface area (Å²) < 4.78 is 5.01. The van der Waals surface area contributed by atoms with E-state index >= 15 is 0 Å². The summed E-state index contributed by atoms with van der Waals surface area (Å²) in [6.45, 7) is 4.59. The fraction of sp³-hybridized carbons (Fsp3) is 0.833. The van der Waals surface area contributed by atoms with E-state index in [0.717, 1.165) is 25.7 Å². The van der Waals surface area contributed by atoms with Gasteiger partial charge in [-0.2, -0.15) is 0 Å². The Hall–Kier alpha value is -0.0600. The van der Waals surface area contributed by atoms with E-state index in [0.29, 0.717) is 12.5 Å². The summed E-state index contributed by atoms with van der Waals surface area (Å²) in [7, 11) is 0. The van der Waals surface area contributed by atoms with Gasteiger partial charge in [-0.3, -0.25) is 4.79 Å². The third-order valence-corrected chi connectivity index (χ3v) is 2.56. The molecular weight excluding hydrogens is 231 g/mol. The van der Waals surface area contributed by atoms with Gasteiger partial charge < -0.3 is 14.6 Å². The molecule has 0 aliphatic rings. The van der Waals surface area contributed by atoms with Crippen LogP contribution in [0.15, 0.2) is 0 Å². The van der Waals surface area contributed by atoms with Gasteiger partial charge in [-0.05, 0) is 18.8 Å². The van der Waals surface area contributed by atoms with Crippen molar-refractivity contribution in [2.45, 2.75) is 52.4 Å². The number of carbonyl (C=O) groups excluding carboxylic acids is 2. The second-order valence-electron chi connectivity index (χ2n) is 3.97. The van der Waals surface area contributed by atoms with Crippen LogP contribution >= 0.6 is 0 Å². The number of carboxylic acid groups (broad SMARTS) is 1.